The zero-order chi connectivity index (χ0) is 15.0. The van der Waals surface area contributed by atoms with E-state index in [0.29, 0.717) is 17.4 Å². The summed E-state index contributed by atoms with van der Waals surface area (Å²) in [5.41, 5.74) is 1.44. The Morgan fingerprint density at radius 1 is 1.19 bits per heavy atom. The van der Waals surface area contributed by atoms with Crippen molar-refractivity contribution in [3.63, 3.8) is 0 Å². The van der Waals surface area contributed by atoms with Crippen molar-refractivity contribution in [3.05, 3.63) is 35.4 Å². The van der Waals surface area contributed by atoms with Crippen molar-refractivity contribution in [2.24, 2.45) is 17.8 Å². The highest BCUT2D eigenvalue weighted by atomic mass is 19.2. The number of hydrogen-bond acceptors (Lipinski definition) is 1. The minimum Gasteiger partial charge on any atom is -0.494 e. The van der Waals surface area contributed by atoms with Gasteiger partial charge in [-0.1, -0.05) is 25.8 Å². The zero-order valence-electron chi connectivity index (χ0n) is 12.7. The van der Waals surface area contributed by atoms with E-state index in [2.05, 4.69) is 13.0 Å². The van der Waals surface area contributed by atoms with Gasteiger partial charge < -0.3 is 4.74 Å². The van der Waals surface area contributed by atoms with Crippen LogP contribution in [-0.2, 0) is 0 Å². The fourth-order valence-corrected chi connectivity index (χ4v) is 4.26. The van der Waals surface area contributed by atoms with Crippen LogP contribution >= 0.6 is 0 Å². The minimum absolute atomic E-state index is 0.0262. The van der Waals surface area contributed by atoms with Crippen LogP contribution in [0.4, 0.5) is 8.78 Å². The van der Waals surface area contributed by atoms with Gasteiger partial charge in [0.15, 0.2) is 11.6 Å². The standard InChI is InChI=1S/C18H22F2O/c1-3-4-11-5-6-13-12(11)7-8-14(13)15-9-10-16(21-2)18(20)17(15)19/h8-13H,3-7H2,1-2H3. The Balaban J connectivity index is 1.88. The van der Waals surface area contributed by atoms with Gasteiger partial charge in [0, 0.05) is 5.56 Å². The number of halogens is 2. The first-order valence-corrected chi connectivity index (χ1v) is 7.89. The minimum atomic E-state index is -0.873. The van der Waals surface area contributed by atoms with Gasteiger partial charge in [0.2, 0.25) is 5.82 Å². The summed E-state index contributed by atoms with van der Waals surface area (Å²) in [6.07, 6.45) is 7.92. The molecule has 0 bridgehead atoms. The molecule has 0 N–H and O–H groups in total. The molecule has 1 aromatic rings. The summed E-state index contributed by atoms with van der Waals surface area (Å²) in [6.45, 7) is 2.22. The summed E-state index contributed by atoms with van der Waals surface area (Å²) in [7, 11) is 1.36. The second-order valence-corrected chi connectivity index (χ2v) is 6.23. The van der Waals surface area contributed by atoms with Crippen molar-refractivity contribution < 1.29 is 13.5 Å². The molecule has 3 atom stereocenters. The third-order valence-corrected chi connectivity index (χ3v) is 5.22. The third kappa shape index (κ3) is 2.37. The molecule has 2 aliphatic rings. The smallest absolute Gasteiger partial charge is 0.201 e. The van der Waals surface area contributed by atoms with Crippen LogP contribution in [0, 0.1) is 29.4 Å². The van der Waals surface area contributed by atoms with E-state index >= 15 is 0 Å². The van der Waals surface area contributed by atoms with Crippen LogP contribution in [-0.4, -0.2) is 7.11 Å². The van der Waals surface area contributed by atoms with Gasteiger partial charge in [0.25, 0.3) is 0 Å². The Bertz CT molecular complexity index is 565. The molecule has 1 nitrogen and oxygen atoms in total. The first kappa shape index (κ1) is 14.6. The van der Waals surface area contributed by atoms with E-state index in [1.165, 1.54) is 32.4 Å². The van der Waals surface area contributed by atoms with Gasteiger partial charge in [0.1, 0.15) is 0 Å². The maximum Gasteiger partial charge on any atom is 0.201 e. The van der Waals surface area contributed by atoms with Gasteiger partial charge in [-0.3, -0.25) is 0 Å². The number of ether oxygens (including phenoxy) is 1. The summed E-state index contributed by atoms with van der Waals surface area (Å²) >= 11 is 0. The van der Waals surface area contributed by atoms with Crippen molar-refractivity contribution >= 4 is 5.57 Å². The molecule has 0 radical (unpaired) electrons. The van der Waals surface area contributed by atoms with Crippen molar-refractivity contribution in [1.29, 1.82) is 0 Å². The first-order chi connectivity index (χ1) is 10.2. The Morgan fingerprint density at radius 2 is 2.00 bits per heavy atom. The van der Waals surface area contributed by atoms with Crippen molar-refractivity contribution in [2.45, 2.75) is 39.0 Å². The van der Waals surface area contributed by atoms with Gasteiger partial charge in [-0.15, -0.1) is 0 Å². The van der Waals surface area contributed by atoms with E-state index in [1.807, 2.05) is 0 Å². The predicted molar refractivity (Wildman–Crippen MR) is 80.1 cm³/mol. The van der Waals surface area contributed by atoms with E-state index < -0.39 is 11.6 Å². The molecule has 1 saturated carbocycles. The molecule has 0 saturated heterocycles. The molecule has 2 aliphatic carbocycles. The number of hydrogen-bond donors (Lipinski definition) is 0. The lowest BCUT2D eigenvalue weighted by Crippen LogP contribution is -2.11. The lowest BCUT2D eigenvalue weighted by atomic mass is 9.85. The van der Waals surface area contributed by atoms with E-state index in [9.17, 15) is 8.78 Å². The number of allylic oxidation sites excluding steroid dienone is 2. The molecule has 0 heterocycles. The molecule has 3 heteroatoms. The Morgan fingerprint density at radius 3 is 2.71 bits per heavy atom. The highest BCUT2D eigenvalue weighted by Crippen LogP contribution is 2.52. The topological polar surface area (TPSA) is 9.23 Å². The van der Waals surface area contributed by atoms with E-state index in [0.717, 1.165) is 24.3 Å². The van der Waals surface area contributed by atoms with Crippen molar-refractivity contribution in [2.75, 3.05) is 7.11 Å². The summed E-state index contributed by atoms with van der Waals surface area (Å²) in [5.74, 6) is 0.123. The van der Waals surface area contributed by atoms with Crippen LogP contribution in [0.2, 0.25) is 0 Å². The van der Waals surface area contributed by atoms with Crippen LogP contribution in [0.1, 0.15) is 44.6 Å². The molecule has 114 valence electrons. The largest absolute Gasteiger partial charge is 0.494 e. The van der Waals surface area contributed by atoms with Crippen molar-refractivity contribution in [3.8, 4) is 5.75 Å². The van der Waals surface area contributed by atoms with Crippen LogP contribution < -0.4 is 4.74 Å². The fourth-order valence-electron chi connectivity index (χ4n) is 4.26. The van der Waals surface area contributed by atoms with Gasteiger partial charge in [-0.2, -0.15) is 4.39 Å². The normalized spacial score (nSPS) is 27.6. The molecule has 0 amide bonds. The highest BCUT2D eigenvalue weighted by Gasteiger charge is 2.41. The summed E-state index contributed by atoms with van der Waals surface area (Å²) in [4.78, 5) is 0. The predicted octanol–water partition coefficient (Wildman–Crippen LogP) is 5.20. The van der Waals surface area contributed by atoms with E-state index in [-0.39, 0.29) is 5.75 Å². The average Bonchev–Trinajstić information content (AvgIpc) is 3.06. The van der Waals surface area contributed by atoms with Gasteiger partial charge in [0.05, 0.1) is 7.11 Å². The lowest BCUT2D eigenvalue weighted by Gasteiger charge is -2.20. The second kappa shape index (κ2) is 5.78. The van der Waals surface area contributed by atoms with Crippen LogP contribution in [0.3, 0.4) is 0 Å². The number of methoxy groups -OCH3 is 1. The van der Waals surface area contributed by atoms with Gasteiger partial charge in [-0.05, 0) is 54.7 Å². The molecule has 0 spiro atoms. The highest BCUT2D eigenvalue weighted by molar-refractivity contribution is 5.71. The molecule has 21 heavy (non-hydrogen) atoms. The number of fused-ring (bicyclic) bond motifs is 1. The summed E-state index contributed by atoms with van der Waals surface area (Å²) in [5, 5.41) is 0. The quantitative estimate of drug-likeness (QED) is 0.741. The Labute approximate surface area is 125 Å². The van der Waals surface area contributed by atoms with Crippen LogP contribution in [0.15, 0.2) is 18.2 Å². The molecule has 3 rings (SSSR count). The molecule has 1 fully saturated rings. The van der Waals surface area contributed by atoms with E-state index in [1.54, 1.807) is 6.07 Å². The maximum absolute atomic E-state index is 14.3. The zero-order valence-corrected chi connectivity index (χ0v) is 12.7. The van der Waals surface area contributed by atoms with Gasteiger partial charge in [-0.25, -0.2) is 4.39 Å². The first-order valence-electron chi connectivity index (χ1n) is 7.89. The molecule has 0 aromatic heterocycles. The van der Waals surface area contributed by atoms with Crippen LogP contribution in [0.25, 0.3) is 5.57 Å². The molecule has 0 aliphatic heterocycles. The molecule has 3 unspecified atom stereocenters. The third-order valence-electron chi connectivity index (χ3n) is 5.22. The lowest BCUT2D eigenvalue weighted by molar-refractivity contribution is 0.347. The maximum atomic E-state index is 14.3. The summed E-state index contributed by atoms with van der Waals surface area (Å²) < 4.78 is 33.1. The van der Waals surface area contributed by atoms with Crippen molar-refractivity contribution in [1.82, 2.24) is 0 Å². The average molecular weight is 292 g/mol. The fraction of sp³-hybridized carbons (Fsp3) is 0.556. The second-order valence-electron chi connectivity index (χ2n) is 6.23. The number of rotatable bonds is 4. The van der Waals surface area contributed by atoms with E-state index in [4.69, 9.17) is 4.74 Å². The van der Waals surface area contributed by atoms with Gasteiger partial charge >= 0.3 is 0 Å². The Kier molecular flexibility index (Phi) is 4.01. The SMILES string of the molecule is CCCC1CCC2C(c3ccc(OC)c(F)c3F)=CCC12. The number of benzene rings is 1. The molecular formula is C18H22F2O. The monoisotopic (exact) mass is 292 g/mol. The molecule has 1 aromatic carbocycles. The van der Waals surface area contributed by atoms with Crippen LogP contribution in [0.5, 0.6) is 5.75 Å². The summed E-state index contributed by atoms with van der Waals surface area (Å²) in [6, 6.07) is 3.19. The molecular weight excluding hydrogens is 270 g/mol. The Hall–Kier alpha value is -1.38.